The molecule has 1 amide bonds. The first kappa shape index (κ1) is 28.5. The molecule has 1 saturated heterocycles. The van der Waals surface area contributed by atoms with Crippen LogP contribution in [0.2, 0.25) is 0 Å². The van der Waals surface area contributed by atoms with Crippen molar-refractivity contribution in [3.8, 4) is 28.1 Å². The maximum absolute atomic E-state index is 13.5. The zero-order chi connectivity index (χ0) is 28.9. The Morgan fingerprint density at radius 2 is 1.83 bits per heavy atom. The Bertz CT molecular complexity index is 1430. The van der Waals surface area contributed by atoms with Crippen molar-refractivity contribution in [3.63, 3.8) is 0 Å². The van der Waals surface area contributed by atoms with Gasteiger partial charge in [-0.15, -0.1) is 0 Å². The summed E-state index contributed by atoms with van der Waals surface area (Å²) in [6.45, 7) is 6.37. The highest BCUT2D eigenvalue weighted by Gasteiger charge is 2.25. The van der Waals surface area contributed by atoms with Crippen LogP contribution in [0.25, 0.3) is 22.4 Å². The molecule has 1 aliphatic heterocycles. The van der Waals surface area contributed by atoms with Crippen LogP contribution < -0.4 is 10.1 Å². The molecule has 41 heavy (non-hydrogen) atoms. The number of hydrogen-bond acceptors (Lipinski definition) is 7. The normalized spacial score (nSPS) is 15.9. The summed E-state index contributed by atoms with van der Waals surface area (Å²) in [6, 6.07) is 14.0. The zero-order valence-corrected chi connectivity index (χ0v) is 24.3. The van der Waals surface area contributed by atoms with Gasteiger partial charge in [-0.25, -0.2) is 9.36 Å². The lowest BCUT2D eigenvalue weighted by molar-refractivity contribution is 0.0767. The first-order valence-corrected chi connectivity index (χ1v) is 13.8. The van der Waals surface area contributed by atoms with E-state index in [2.05, 4.69) is 45.7 Å². The van der Waals surface area contributed by atoms with E-state index in [4.69, 9.17) is 14.2 Å². The van der Waals surface area contributed by atoms with E-state index in [0.29, 0.717) is 37.4 Å². The molecular formula is C31H38N6O4. The van der Waals surface area contributed by atoms with Crippen LogP contribution in [0, 0.1) is 6.92 Å². The summed E-state index contributed by atoms with van der Waals surface area (Å²) < 4.78 is 19.9. The highest BCUT2D eigenvalue weighted by molar-refractivity contribution is 5.96. The van der Waals surface area contributed by atoms with Crippen molar-refractivity contribution < 1.29 is 19.0 Å². The molecule has 3 heterocycles. The van der Waals surface area contributed by atoms with Gasteiger partial charge < -0.3 is 19.5 Å². The van der Waals surface area contributed by atoms with Crippen molar-refractivity contribution in [2.75, 3.05) is 34.4 Å². The second-order valence-electron chi connectivity index (χ2n) is 10.6. The largest absolute Gasteiger partial charge is 0.492 e. The van der Waals surface area contributed by atoms with E-state index in [9.17, 15) is 4.79 Å². The average Bonchev–Trinajstić information content (AvgIpc) is 3.63. The van der Waals surface area contributed by atoms with Gasteiger partial charge in [0.1, 0.15) is 25.8 Å². The van der Waals surface area contributed by atoms with Crippen LogP contribution in [0.3, 0.4) is 0 Å². The smallest absolute Gasteiger partial charge is 0.252 e. The molecule has 2 atom stereocenters. The van der Waals surface area contributed by atoms with E-state index in [1.165, 1.54) is 0 Å². The number of carbonyl (C=O) groups is 1. The molecule has 1 fully saturated rings. The van der Waals surface area contributed by atoms with Crippen LogP contribution in [0.1, 0.15) is 40.9 Å². The number of likely N-dealkylation sites (N-methyl/N-ethyl adjacent to an activating group) is 1. The number of carbonyl (C=O) groups excluding carboxylic acids is 1. The summed E-state index contributed by atoms with van der Waals surface area (Å²) in [6.07, 6.45) is 6.77. The van der Waals surface area contributed by atoms with Crippen LogP contribution >= 0.6 is 0 Å². The van der Waals surface area contributed by atoms with Gasteiger partial charge in [0.15, 0.2) is 0 Å². The van der Waals surface area contributed by atoms with Gasteiger partial charge in [0, 0.05) is 49.3 Å². The standard InChI is InChI=1S/C31H38N6O4/c1-21-6-7-28(41-18-27-8-10-35(27)3)15-29(21)31(38)33-22(2)23-12-24(26-16-32-37(17-26)20-40-5)14-25(13-23)30-9-11-36(34-30)19-39-4/h6-7,9,11-17,22,27H,8,10,18-20H2,1-5H3,(H,33,38)/t22-,27+/m1/s1. The Morgan fingerprint density at radius 3 is 2.56 bits per heavy atom. The number of aromatic nitrogens is 4. The molecule has 0 unspecified atom stereocenters. The molecule has 2 aromatic heterocycles. The Kier molecular flexibility index (Phi) is 8.82. The van der Waals surface area contributed by atoms with E-state index >= 15 is 0 Å². The summed E-state index contributed by atoms with van der Waals surface area (Å²) in [7, 11) is 5.38. The second kappa shape index (κ2) is 12.7. The van der Waals surface area contributed by atoms with E-state index in [1.54, 1.807) is 23.6 Å². The molecule has 0 spiro atoms. The van der Waals surface area contributed by atoms with Crippen LogP contribution in [0.5, 0.6) is 5.75 Å². The molecule has 216 valence electrons. The molecule has 0 radical (unpaired) electrons. The Hall–Kier alpha value is -3.99. The number of benzene rings is 2. The van der Waals surface area contributed by atoms with Crippen molar-refractivity contribution in [2.45, 2.75) is 45.8 Å². The fourth-order valence-electron chi connectivity index (χ4n) is 4.92. The number of likely N-dealkylation sites (tertiary alicyclic amines) is 1. The van der Waals surface area contributed by atoms with Crippen molar-refractivity contribution in [1.82, 2.24) is 29.8 Å². The molecule has 0 saturated carbocycles. The SMILES string of the molecule is COCn1cc(-c2cc(-c3ccn(COC)n3)cc([C@@H](C)NC(=O)c3cc(OC[C@@H]4CCN4C)ccc3C)c2)cn1. The summed E-state index contributed by atoms with van der Waals surface area (Å²) in [5.74, 6) is 0.558. The van der Waals surface area contributed by atoms with Gasteiger partial charge in [-0.3, -0.25) is 9.69 Å². The molecular weight excluding hydrogens is 520 g/mol. The molecule has 10 nitrogen and oxygen atoms in total. The molecule has 1 N–H and O–H groups in total. The van der Waals surface area contributed by atoms with Crippen molar-refractivity contribution in [1.29, 1.82) is 0 Å². The minimum Gasteiger partial charge on any atom is -0.492 e. The number of nitrogens with zero attached hydrogens (tertiary/aromatic N) is 5. The lowest BCUT2D eigenvalue weighted by Crippen LogP contribution is -2.48. The zero-order valence-electron chi connectivity index (χ0n) is 24.3. The lowest BCUT2D eigenvalue weighted by Gasteiger charge is -2.37. The highest BCUT2D eigenvalue weighted by atomic mass is 16.5. The molecule has 0 aliphatic carbocycles. The Balaban J connectivity index is 1.39. The van der Waals surface area contributed by atoms with Crippen molar-refractivity contribution in [3.05, 3.63) is 77.7 Å². The van der Waals surface area contributed by atoms with E-state index in [1.807, 2.05) is 56.7 Å². The number of amides is 1. The fourth-order valence-corrected chi connectivity index (χ4v) is 4.92. The summed E-state index contributed by atoms with van der Waals surface area (Å²) >= 11 is 0. The number of aryl methyl sites for hydroxylation is 1. The maximum Gasteiger partial charge on any atom is 0.252 e. The number of rotatable bonds is 12. The third-order valence-corrected chi connectivity index (χ3v) is 7.56. The molecule has 2 aromatic carbocycles. The summed E-state index contributed by atoms with van der Waals surface area (Å²) in [5.41, 5.74) is 6.10. The molecule has 10 heteroatoms. The average molecular weight is 559 g/mol. The first-order valence-electron chi connectivity index (χ1n) is 13.8. The van der Waals surface area contributed by atoms with E-state index in [-0.39, 0.29) is 11.9 Å². The minimum atomic E-state index is -0.274. The van der Waals surface area contributed by atoms with Crippen LogP contribution in [-0.2, 0) is 22.9 Å². The van der Waals surface area contributed by atoms with Gasteiger partial charge in [0.05, 0.1) is 17.9 Å². The molecule has 1 aliphatic rings. The predicted octanol–water partition coefficient (Wildman–Crippen LogP) is 4.50. The quantitative estimate of drug-likeness (QED) is 0.274. The number of ether oxygens (including phenoxy) is 3. The monoisotopic (exact) mass is 558 g/mol. The Morgan fingerprint density at radius 1 is 1.05 bits per heavy atom. The van der Waals surface area contributed by atoms with Crippen molar-refractivity contribution >= 4 is 5.91 Å². The van der Waals surface area contributed by atoms with Gasteiger partial charge in [-0.05, 0) is 86.9 Å². The number of methoxy groups -OCH3 is 2. The van der Waals surface area contributed by atoms with Crippen molar-refractivity contribution in [2.24, 2.45) is 0 Å². The topological polar surface area (TPSA) is 95.7 Å². The maximum atomic E-state index is 13.5. The third kappa shape index (κ3) is 6.67. The van der Waals surface area contributed by atoms with Gasteiger partial charge in [0.2, 0.25) is 0 Å². The lowest BCUT2D eigenvalue weighted by atomic mass is 9.96. The number of nitrogens with one attached hydrogen (secondary N) is 1. The molecule has 0 bridgehead atoms. The fraction of sp³-hybridized carbons (Fsp3) is 0.387. The van der Waals surface area contributed by atoms with Crippen LogP contribution in [0.15, 0.2) is 61.1 Å². The Labute approximate surface area is 240 Å². The van der Waals surface area contributed by atoms with Crippen LogP contribution in [0.4, 0.5) is 0 Å². The van der Waals surface area contributed by atoms with Crippen LogP contribution in [-0.4, -0.2) is 70.8 Å². The minimum absolute atomic E-state index is 0.148. The second-order valence-corrected chi connectivity index (χ2v) is 10.6. The van der Waals surface area contributed by atoms with E-state index < -0.39 is 0 Å². The molecule has 4 aromatic rings. The van der Waals surface area contributed by atoms with Gasteiger partial charge >= 0.3 is 0 Å². The number of hydrogen-bond donors (Lipinski definition) is 1. The first-order chi connectivity index (χ1) is 19.8. The molecule has 5 rings (SSSR count). The van der Waals surface area contributed by atoms with Gasteiger partial charge in [0.25, 0.3) is 5.91 Å². The van der Waals surface area contributed by atoms with Gasteiger partial charge in [-0.2, -0.15) is 10.2 Å². The highest BCUT2D eigenvalue weighted by Crippen LogP contribution is 2.30. The summed E-state index contributed by atoms with van der Waals surface area (Å²) in [4.78, 5) is 15.8. The summed E-state index contributed by atoms with van der Waals surface area (Å²) in [5, 5.41) is 12.3. The van der Waals surface area contributed by atoms with E-state index in [0.717, 1.165) is 46.5 Å². The third-order valence-electron chi connectivity index (χ3n) is 7.56. The van der Waals surface area contributed by atoms with Gasteiger partial charge in [-0.1, -0.05) is 6.07 Å². The predicted molar refractivity (Wildman–Crippen MR) is 156 cm³/mol.